The van der Waals surface area contributed by atoms with Crippen molar-refractivity contribution >= 4 is 0 Å². The zero-order chi connectivity index (χ0) is 10.6. The van der Waals surface area contributed by atoms with Crippen LogP contribution in [0.25, 0.3) is 0 Å². The minimum Gasteiger partial charge on any atom is -0.508 e. The van der Waals surface area contributed by atoms with Crippen LogP contribution in [0.4, 0.5) is 0 Å². The fraction of sp³-hybridized carbons (Fsp3) is 0.400. The van der Waals surface area contributed by atoms with Crippen LogP contribution in [0.1, 0.15) is 18.0 Å². The van der Waals surface area contributed by atoms with E-state index in [1.807, 2.05) is 0 Å². The maximum absolute atomic E-state index is 9.55. The molecule has 0 unspecified atom stereocenters. The van der Waals surface area contributed by atoms with Crippen LogP contribution in [-0.4, -0.2) is 18.8 Å². The molecule has 1 rings (SSSR count). The zero-order valence-corrected chi connectivity index (χ0v) is 8.23. The van der Waals surface area contributed by atoms with E-state index in [0.717, 1.165) is 0 Å². The molecule has 0 fully saturated rings. The summed E-state index contributed by atoms with van der Waals surface area (Å²) >= 11 is 0. The Balaban J connectivity index is 2.93. The lowest BCUT2D eigenvalue weighted by atomic mass is 10.0. The summed E-state index contributed by atoms with van der Waals surface area (Å²) in [6.45, 7) is 0.498. The summed E-state index contributed by atoms with van der Waals surface area (Å²) in [7, 11) is 1.57. The molecule has 0 saturated carbocycles. The second-order valence-electron chi connectivity index (χ2n) is 3.11. The first-order valence-corrected chi connectivity index (χ1v) is 4.51. The van der Waals surface area contributed by atoms with Gasteiger partial charge < -0.3 is 21.3 Å². The molecular weight excluding hydrogens is 180 g/mol. The fourth-order valence-corrected chi connectivity index (χ4v) is 1.29. The normalized spacial score (nSPS) is 12.5. The number of phenolic OH excluding ortho intramolecular Hbond substituents is 1. The first kappa shape index (κ1) is 10.8. The van der Waals surface area contributed by atoms with Gasteiger partial charge >= 0.3 is 0 Å². The van der Waals surface area contributed by atoms with E-state index < -0.39 is 0 Å². The maximum Gasteiger partial charge on any atom is 0.120 e. The largest absolute Gasteiger partial charge is 0.508 e. The Morgan fingerprint density at radius 3 is 2.79 bits per heavy atom. The van der Waals surface area contributed by atoms with E-state index in [-0.39, 0.29) is 11.8 Å². The lowest BCUT2D eigenvalue weighted by Gasteiger charge is -2.13. The summed E-state index contributed by atoms with van der Waals surface area (Å²) in [5, 5.41) is 9.55. The number of hydrogen-bond acceptors (Lipinski definition) is 4. The third-order valence-corrected chi connectivity index (χ3v) is 2.11. The van der Waals surface area contributed by atoms with E-state index in [1.54, 1.807) is 25.3 Å². The monoisotopic (exact) mass is 196 g/mol. The van der Waals surface area contributed by atoms with Gasteiger partial charge in [-0.1, -0.05) is 0 Å². The third kappa shape index (κ3) is 2.37. The van der Waals surface area contributed by atoms with Crippen molar-refractivity contribution in [2.45, 2.75) is 12.5 Å². The van der Waals surface area contributed by atoms with Gasteiger partial charge in [0.2, 0.25) is 0 Å². The number of methoxy groups -OCH3 is 1. The van der Waals surface area contributed by atoms with E-state index in [1.165, 1.54) is 0 Å². The van der Waals surface area contributed by atoms with E-state index in [9.17, 15) is 5.11 Å². The third-order valence-electron chi connectivity index (χ3n) is 2.11. The Kier molecular flexibility index (Phi) is 3.73. The van der Waals surface area contributed by atoms with Gasteiger partial charge in [-0.15, -0.1) is 0 Å². The molecule has 0 heterocycles. The van der Waals surface area contributed by atoms with E-state index in [0.29, 0.717) is 24.3 Å². The molecule has 4 heteroatoms. The predicted octanol–water partition coefficient (Wildman–Crippen LogP) is 0.749. The second kappa shape index (κ2) is 4.83. The molecule has 14 heavy (non-hydrogen) atoms. The van der Waals surface area contributed by atoms with Crippen LogP contribution in [0, 0.1) is 0 Å². The molecule has 0 saturated heterocycles. The van der Waals surface area contributed by atoms with E-state index in [4.69, 9.17) is 16.2 Å². The van der Waals surface area contributed by atoms with E-state index >= 15 is 0 Å². The topological polar surface area (TPSA) is 81.5 Å². The Hall–Kier alpha value is -1.26. The molecule has 4 nitrogen and oxygen atoms in total. The van der Waals surface area contributed by atoms with Gasteiger partial charge in [-0.3, -0.25) is 0 Å². The highest BCUT2D eigenvalue weighted by molar-refractivity contribution is 5.41. The van der Waals surface area contributed by atoms with Gasteiger partial charge in [-0.2, -0.15) is 0 Å². The standard InChI is InChI=1S/C10H16N2O2/c1-14-7-2-3-10(13)8(6-7)9(12)4-5-11/h2-3,6,9,13H,4-5,11-12H2,1H3/t9-/m1/s1. The molecule has 0 aliphatic rings. The summed E-state index contributed by atoms with van der Waals surface area (Å²) in [6.07, 6.45) is 0.640. The van der Waals surface area contributed by atoms with Crippen molar-refractivity contribution in [3.63, 3.8) is 0 Å². The molecular formula is C10H16N2O2. The molecule has 0 bridgehead atoms. The molecule has 1 aromatic rings. The van der Waals surface area contributed by atoms with Crippen molar-refractivity contribution < 1.29 is 9.84 Å². The minimum atomic E-state index is -0.241. The minimum absolute atomic E-state index is 0.187. The van der Waals surface area contributed by atoms with Crippen molar-refractivity contribution in [3.05, 3.63) is 23.8 Å². The molecule has 1 atom stereocenters. The Morgan fingerprint density at radius 2 is 2.21 bits per heavy atom. The summed E-state index contributed by atoms with van der Waals surface area (Å²) in [4.78, 5) is 0. The second-order valence-corrected chi connectivity index (χ2v) is 3.11. The number of ether oxygens (including phenoxy) is 1. The quantitative estimate of drug-likeness (QED) is 0.663. The molecule has 1 aromatic carbocycles. The highest BCUT2D eigenvalue weighted by atomic mass is 16.5. The molecule has 0 spiro atoms. The molecule has 0 aromatic heterocycles. The molecule has 78 valence electrons. The molecule has 0 aliphatic carbocycles. The SMILES string of the molecule is COc1ccc(O)c([C@H](N)CCN)c1. The highest BCUT2D eigenvalue weighted by Gasteiger charge is 2.10. The van der Waals surface area contributed by atoms with Crippen LogP contribution >= 0.6 is 0 Å². The van der Waals surface area contributed by atoms with Gasteiger partial charge in [-0.25, -0.2) is 0 Å². The van der Waals surface area contributed by atoms with Gasteiger partial charge in [0.15, 0.2) is 0 Å². The Morgan fingerprint density at radius 1 is 1.50 bits per heavy atom. The van der Waals surface area contributed by atoms with Gasteiger partial charge in [0.25, 0.3) is 0 Å². The van der Waals surface area contributed by atoms with Crippen LogP contribution < -0.4 is 16.2 Å². The lowest BCUT2D eigenvalue weighted by Crippen LogP contribution is -2.15. The Labute approximate surface area is 83.5 Å². The van der Waals surface area contributed by atoms with Crippen LogP contribution in [-0.2, 0) is 0 Å². The summed E-state index contributed by atoms with van der Waals surface area (Å²) in [6, 6.07) is 4.75. The van der Waals surface area contributed by atoms with Crippen LogP contribution in [0.15, 0.2) is 18.2 Å². The average Bonchev–Trinajstić information content (AvgIpc) is 2.19. The number of aromatic hydroxyl groups is 1. The summed E-state index contributed by atoms with van der Waals surface area (Å²) < 4.78 is 5.04. The molecule has 0 radical (unpaired) electrons. The van der Waals surface area contributed by atoms with Crippen molar-refractivity contribution in [1.29, 1.82) is 0 Å². The number of nitrogens with two attached hydrogens (primary N) is 2. The summed E-state index contributed by atoms with van der Waals surface area (Å²) in [5.74, 6) is 0.872. The first-order valence-electron chi connectivity index (χ1n) is 4.51. The first-order chi connectivity index (χ1) is 6.69. The van der Waals surface area contributed by atoms with E-state index in [2.05, 4.69) is 0 Å². The average molecular weight is 196 g/mol. The smallest absolute Gasteiger partial charge is 0.120 e. The maximum atomic E-state index is 9.55. The van der Waals surface area contributed by atoms with Crippen LogP contribution in [0.5, 0.6) is 11.5 Å². The highest BCUT2D eigenvalue weighted by Crippen LogP contribution is 2.28. The molecule has 0 amide bonds. The zero-order valence-electron chi connectivity index (χ0n) is 8.23. The fourth-order valence-electron chi connectivity index (χ4n) is 1.29. The van der Waals surface area contributed by atoms with Crippen LogP contribution in [0.3, 0.4) is 0 Å². The van der Waals surface area contributed by atoms with Crippen molar-refractivity contribution in [1.82, 2.24) is 0 Å². The van der Waals surface area contributed by atoms with Gasteiger partial charge in [0.05, 0.1) is 7.11 Å². The lowest BCUT2D eigenvalue weighted by molar-refractivity contribution is 0.409. The summed E-state index contributed by atoms with van der Waals surface area (Å²) in [5.41, 5.74) is 11.9. The van der Waals surface area contributed by atoms with Crippen molar-refractivity contribution in [3.8, 4) is 11.5 Å². The molecule has 0 aliphatic heterocycles. The predicted molar refractivity (Wildman–Crippen MR) is 55.3 cm³/mol. The van der Waals surface area contributed by atoms with Crippen molar-refractivity contribution in [2.75, 3.05) is 13.7 Å². The van der Waals surface area contributed by atoms with Gasteiger partial charge in [-0.05, 0) is 31.2 Å². The molecule has 5 N–H and O–H groups in total. The number of rotatable bonds is 4. The van der Waals surface area contributed by atoms with Gasteiger partial charge in [0, 0.05) is 11.6 Å². The Bertz CT molecular complexity index is 302. The van der Waals surface area contributed by atoms with Gasteiger partial charge in [0.1, 0.15) is 11.5 Å². The number of phenols is 1. The number of benzene rings is 1. The van der Waals surface area contributed by atoms with Crippen LogP contribution in [0.2, 0.25) is 0 Å². The van der Waals surface area contributed by atoms with Crippen molar-refractivity contribution in [2.24, 2.45) is 11.5 Å². The number of hydrogen-bond donors (Lipinski definition) is 3.